The molecule has 2 atom stereocenters. The lowest BCUT2D eigenvalue weighted by Crippen LogP contribution is -2.46. The molecule has 0 saturated heterocycles. The predicted molar refractivity (Wildman–Crippen MR) is 82.4 cm³/mol. The van der Waals surface area contributed by atoms with Crippen LogP contribution in [0.1, 0.15) is 11.5 Å². The maximum absolute atomic E-state index is 12.1. The Kier molecular flexibility index (Phi) is 3.76. The summed E-state index contributed by atoms with van der Waals surface area (Å²) < 4.78 is 0. The van der Waals surface area contributed by atoms with Crippen LogP contribution in [0.25, 0.3) is 0 Å². The standard InChI is InChI=1S/C16H15N3O3/c20-15-13(11-8-4-5-9-12(11)17-15)14(16(21)22)19-18-10-6-2-1-3-7-10/h1-9,13-14,18-19H,(H,17,20)(H,21,22). The molecule has 2 aromatic rings. The molecule has 0 aromatic heterocycles. The Morgan fingerprint density at radius 2 is 1.77 bits per heavy atom. The highest BCUT2D eigenvalue weighted by Gasteiger charge is 2.40. The van der Waals surface area contributed by atoms with Gasteiger partial charge in [-0.15, -0.1) is 0 Å². The summed E-state index contributed by atoms with van der Waals surface area (Å²) >= 11 is 0. The van der Waals surface area contributed by atoms with E-state index >= 15 is 0 Å². The van der Waals surface area contributed by atoms with Crippen molar-refractivity contribution in [3.05, 3.63) is 60.2 Å². The van der Waals surface area contributed by atoms with Crippen molar-refractivity contribution in [2.45, 2.75) is 12.0 Å². The molecule has 3 rings (SSSR count). The van der Waals surface area contributed by atoms with Crippen molar-refractivity contribution in [3.63, 3.8) is 0 Å². The molecule has 0 spiro atoms. The molecule has 6 heteroatoms. The largest absolute Gasteiger partial charge is 0.480 e. The second kappa shape index (κ2) is 5.87. The summed E-state index contributed by atoms with van der Waals surface area (Å²) in [4.78, 5) is 23.7. The summed E-state index contributed by atoms with van der Waals surface area (Å²) in [5.74, 6) is -2.21. The van der Waals surface area contributed by atoms with Crippen LogP contribution in [0.5, 0.6) is 0 Å². The quantitative estimate of drug-likeness (QED) is 0.632. The average molecular weight is 297 g/mol. The minimum absolute atomic E-state index is 0.323. The zero-order valence-electron chi connectivity index (χ0n) is 11.6. The third-order valence-corrected chi connectivity index (χ3v) is 3.58. The lowest BCUT2D eigenvalue weighted by atomic mass is 9.93. The third kappa shape index (κ3) is 2.64. The normalized spacial score (nSPS) is 17.5. The van der Waals surface area contributed by atoms with E-state index in [0.717, 1.165) is 5.69 Å². The summed E-state index contributed by atoms with van der Waals surface area (Å²) in [5, 5.41) is 12.2. The monoisotopic (exact) mass is 297 g/mol. The van der Waals surface area contributed by atoms with Gasteiger partial charge in [-0.1, -0.05) is 36.4 Å². The number of carboxylic acid groups (broad SMARTS) is 1. The van der Waals surface area contributed by atoms with Crippen LogP contribution < -0.4 is 16.2 Å². The van der Waals surface area contributed by atoms with Gasteiger partial charge >= 0.3 is 5.97 Å². The summed E-state index contributed by atoms with van der Waals surface area (Å²) in [7, 11) is 0. The average Bonchev–Trinajstić information content (AvgIpc) is 2.85. The van der Waals surface area contributed by atoms with Crippen LogP contribution in [-0.2, 0) is 9.59 Å². The smallest absolute Gasteiger partial charge is 0.323 e. The summed E-state index contributed by atoms with van der Waals surface area (Å²) in [6.07, 6.45) is 0. The highest BCUT2D eigenvalue weighted by molar-refractivity contribution is 6.05. The fourth-order valence-corrected chi connectivity index (χ4v) is 2.53. The second-order valence-corrected chi connectivity index (χ2v) is 5.01. The topological polar surface area (TPSA) is 90.5 Å². The molecule has 4 N–H and O–H groups in total. The van der Waals surface area contributed by atoms with Gasteiger partial charge in [0.05, 0.1) is 5.92 Å². The lowest BCUT2D eigenvalue weighted by molar-refractivity contribution is -0.141. The molecule has 6 nitrogen and oxygen atoms in total. The van der Waals surface area contributed by atoms with E-state index in [1.807, 2.05) is 18.2 Å². The number of amides is 1. The number of rotatable bonds is 5. The third-order valence-electron chi connectivity index (χ3n) is 3.58. The van der Waals surface area contributed by atoms with Gasteiger partial charge in [0.15, 0.2) is 0 Å². The maximum atomic E-state index is 12.1. The molecule has 1 heterocycles. The number of hydrogen-bond donors (Lipinski definition) is 4. The van der Waals surface area contributed by atoms with Crippen LogP contribution in [0.3, 0.4) is 0 Å². The molecule has 112 valence electrons. The van der Waals surface area contributed by atoms with E-state index in [0.29, 0.717) is 11.3 Å². The first-order valence-corrected chi connectivity index (χ1v) is 6.86. The molecule has 2 unspecified atom stereocenters. The van der Waals surface area contributed by atoms with Gasteiger partial charge in [0, 0.05) is 11.4 Å². The molecule has 0 radical (unpaired) electrons. The van der Waals surface area contributed by atoms with Gasteiger partial charge in [0.25, 0.3) is 0 Å². The van der Waals surface area contributed by atoms with Crippen LogP contribution in [-0.4, -0.2) is 23.0 Å². The molecule has 0 saturated carbocycles. The molecule has 2 aromatic carbocycles. The number of carbonyl (C=O) groups excluding carboxylic acids is 1. The van der Waals surface area contributed by atoms with E-state index in [4.69, 9.17) is 0 Å². The number of benzene rings is 2. The van der Waals surface area contributed by atoms with Crippen LogP contribution >= 0.6 is 0 Å². The first kappa shape index (κ1) is 14.1. The number of aliphatic carboxylic acids is 1. The Morgan fingerprint density at radius 1 is 1.09 bits per heavy atom. The van der Waals surface area contributed by atoms with Crippen molar-refractivity contribution < 1.29 is 14.7 Å². The maximum Gasteiger partial charge on any atom is 0.323 e. The van der Waals surface area contributed by atoms with Gasteiger partial charge in [-0.3, -0.25) is 9.59 Å². The Balaban J connectivity index is 1.82. The van der Waals surface area contributed by atoms with E-state index in [1.165, 1.54) is 0 Å². The van der Waals surface area contributed by atoms with Gasteiger partial charge in [-0.25, -0.2) is 5.43 Å². The summed E-state index contributed by atoms with van der Waals surface area (Å²) in [5.41, 5.74) is 7.64. The van der Waals surface area contributed by atoms with Gasteiger partial charge in [0.1, 0.15) is 6.04 Å². The summed E-state index contributed by atoms with van der Waals surface area (Å²) in [6, 6.07) is 15.2. The van der Waals surface area contributed by atoms with Crippen molar-refractivity contribution in [2.24, 2.45) is 0 Å². The molecular weight excluding hydrogens is 282 g/mol. The number of hydrogen-bond acceptors (Lipinski definition) is 4. The Labute approximate surface area is 127 Å². The van der Waals surface area contributed by atoms with E-state index in [1.54, 1.807) is 36.4 Å². The Morgan fingerprint density at radius 3 is 2.50 bits per heavy atom. The number of anilines is 2. The van der Waals surface area contributed by atoms with E-state index in [2.05, 4.69) is 16.2 Å². The van der Waals surface area contributed by atoms with Gasteiger partial charge in [0.2, 0.25) is 5.91 Å². The number of fused-ring (bicyclic) bond motifs is 1. The van der Waals surface area contributed by atoms with Crippen LogP contribution in [0.2, 0.25) is 0 Å². The number of carbonyl (C=O) groups is 2. The number of carboxylic acids is 1. The fraction of sp³-hybridized carbons (Fsp3) is 0.125. The minimum atomic E-state index is -1.10. The zero-order chi connectivity index (χ0) is 15.5. The van der Waals surface area contributed by atoms with Crippen molar-refractivity contribution in [1.82, 2.24) is 5.43 Å². The van der Waals surface area contributed by atoms with Gasteiger partial charge < -0.3 is 15.8 Å². The number of nitrogens with one attached hydrogen (secondary N) is 3. The second-order valence-electron chi connectivity index (χ2n) is 5.01. The number of hydrazine groups is 1. The first-order chi connectivity index (χ1) is 10.7. The highest BCUT2D eigenvalue weighted by atomic mass is 16.4. The van der Waals surface area contributed by atoms with E-state index in [-0.39, 0.29) is 5.91 Å². The summed E-state index contributed by atoms with van der Waals surface area (Å²) in [6.45, 7) is 0. The number of para-hydroxylation sites is 2. The first-order valence-electron chi connectivity index (χ1n) is 6.86. The molecule has 0 bridgehead atoms. The van der Waals surface area contributed by atoms with Crippen LogP contribution in [0.4, 0.5) is 11.4 Å². The highest BCUT2D eigenvalue weighted by Crippen LogP contribution is 2.34. The Hall–Kier alpha value is -2.86. The lowest BCUT2D eigenvalue weighted by Gasteiger charge is -2.21. The molecule has 1 aliphatic rings. The minimum Gasteiger partial charge on any atom is -0.480 e. The molecular formula is C16H15N3O3. The van der Waals surface area contributed by atoms with Crippen LogP contribution in [0.15, 0.2) is 54.6 Å². The molecule has 22 heavy (non-hydrogen) atoms. The van der Waals surface area contributed by atoms with Gasteiger partial charge in [-0.05, 0) is 23.8 Å². The van der Waals surface area contributed by atoms with Crippen LogP contribution in [0, 0.1) is 0 Å². The van der Waals surface area contributed by atoms with Crippen molar-refractivity contribution >= 4 is 23.3 Å². The van der Waals surface area contributed by atoms with Crippen molar-refractivity contribution in [2.75, 3.05) is 10.7 Å². The predicted octanol–water partition coefficient (Wildman–Crippen LogP) is 1.79. The fourth-order valence-electron chi connectivity index (χ4n) is 2.53. The molecule has 1 aliphatic heterocycles. The zero-order valence-corrected chi connectivity index (χ0v) is 11.6. The van der Waals surface area contributed by atoms with Crippen molar-refractivity contribution in [1.29, 1.82) is 0 Å². The molecule has 0 fully saturated rings. The SMILES string of the molecule is O=C(O)C(NNc1ccccc1)C1C(=O)Nc2ccccc21. The molecule has 0 aliphatic carbocycles. The van der Waals surface area contributed by atoms with E-state index < -0.39 is 17.9 Å². The van der Waals surface area contributed by atoms with Crippen molar-refractivity contribution in [3.8, 4) is 0 Å². The Bertz CT molecular complexity index is 703. The van der Waals surface area contributed by atoms with Gasteiger partial charge in [-0.2, -0.15) is 0 Å². The molecule has 1 amide bonds. The van der Waals surface area contributed by atoms with E-state index in [9.17, 15) is 14.7 Å².